The van der Waals surface area contributed by atoms with Gasteiger partial charge in [0, 0.05) is 24.6 Å². The summed E-state index contributed by atoms with van der Waals surface area (Å²) >= 11 is 6.16. The van der Waals surface area contributed by atoms with Crippen LogP contribution in [0.4, 0.5) is 0 Å². The number of halogens is 1. The fraction of sp³-hybridized carbons (Fsp3) is 0.318. The molecular formula is C22H25ClN3O3+. The highest BCUT2D eigenvalue weighted by molar-refractivity contribution is 6.31. The fourth-order valence-electron chi connectivity index (χ4n) is 3.44. The van der Waals surface area contributed by atoms with E-state index in [1.807, 2.05) is 42.7 Å². The van der Waals surface area contributed by atoms with Crippen LogP contribution in [0.3, 0.4) is 0 Å². The number of esters is 1. The molecule has 3 rings (SSSR count). The van der Waals surface area contributed by atoms with Crippen molar-refractivity contribution < 1.29 is 18.9 Å². The predicted octanol–water partition coefficient (Wildman–Crippen LogP) is 3.40. The van der Waals surface area contributed by atoms with Crippen LogP contribution in [-0.2, 0) is 29.2 Å². The first-order valence-corrected chi connectivity index (χ1v) is 10.0. The molecule has 1 heterocycles. The van der Waals surface area contributed by atoms with Crippen molar-refractivity contribution in [3.05, 3.63) is 64.4 Å². The number of hydrogen-bond donors (Lipinski definition) is 1. The van der Waals surface area contributed by atoms with Crippen LogP contribution in [0, 0.1) is 6.92 Å². The maximum Gasteiger partial charge on any atom is 0.338 e. The zero-order valence-electron chi connectivity index (χ0n) is 16.9. The Kier molecular flexibility index (Phi) is 6.54. The first-order chi connectivity index (χ1) is 14.0. The molecule has 1 N–H and O–H groups in total. The van der Waals surface area contributed by atoms with Gasteiger partial charge in [0.1, 0.15) is 0 Å². The predicted molar refractivity (Wildman–Crippen MR) is 112 cm³/mol. The number of rotatable bonds is 7. The monoisotopic (exact) mass is 414 g/mol. The fourth-order valence-corrected chi connectivity index (χ4v) is 3.64. The summed E-state index contributed by atoms with van der Waals surface area (Å²) in [4.78, 5) is 24.8. The van der Waals surface area contributed by atoms with E-state index < -0.39 is 0 Å². The quantitative estimate of drug-likeness (QED) is 0.476. The van der Waals surface area contributed by atoms with Crippen LogP contribution in [0.5, 0.6) is 0 Å². The standard InChI is InChI=1S/C22H24ClN3O3/c1-4-25-15(3)26(14-21(27)24-13-17-8-6-7-9-18(17)23)20-12-16(10-11-19(20)25)22(28)29-5-2/h6-12H,4-5,13-14H2,1-3H3/p+1. The number of benzene rings is 2. The zero-order valence-corrected chi connectivity index (χ0v) is 17.6. The molecule has 0 aliphatic heterocycles. The molecular weight excluding hydrogens is 390 g/mol. The van der Waals surface area contributed by atoms with Crippen molar-refractivity contribution in [3.8, 4) is 0 Å². The average molecular weight is 415 g/mol. The first-order valence-electron chi connectivity index (χ1n) is 9.66. The van der Waals surface area contributed by atoms with E-state index in [1.54, 1.807) is 25.1 Å². The number of hydrogen-bond acceptors (Lipinski definition) is 3. The lowest BCUT2D eigenvalue weighted by atomic mass is 10.2. The molecule has 0 spiro atoms. The van der Waals surface area contributed by atoms with Gasteiger partial charge in [0.05, 0.1) is 18.7 Å². The van der Waals surface area contributed by atoms with Crippen LogP contribution >= 0.6 is 11.6 Å². The summed E-state index contributed by atoms with van der Waals surface area (Å²) in [5, 5.41) is 3.54. The van der Waals surface area contributed by atoms with E-state index in [1.165, 1.54) is 0 Å². The lowest BCUT2D eigenvalue weighted by Crippen LogP contribution is -2.36. The second kappa shape index (κ2) is 9.09. The van der Waals surface area contributed by atoms with Gasteiger partial charge in [-0.05, 0) is 37.6 Å². The summed E-state index contributed by atoms with van der Waals surface area (Å²) in [6.45, 7) is 7.37. The average Bonchev–Trinajstić information content (AvgIpc) is 2.97. The van der Waals surface area contributed by atoms with Crippen LogP contribution < -0.4 is 9.88 Å². The van der Waals surface area contributed by atoms with Gasteiger partial charge in [-0.1, -0.05) is 29.8 Å². The van der Waals surface area contributed by atoms with Crippen LogP contribution in [0.2, 0.25) is 5.02 Å². The number of ether oxygens (including phenoxy) is 1. The van der Waals surface area contributed by atoms with Crippen LogP contribution in [0.15, 0.2) is 42.5 Å². The summed E-state index contributed by atoms with van der Waals surface area (Å²) < 4.78 is 9.15. The number of aromatic nitrogens is 2. The Morgan fingerprint density at radius 2 is 1.93 bits per heavy atom. The molecule has 29 heavy (non-hydrogen) atoms. The van der Waals surface area contributed by atoms with Gasteiger partial charge in [0.2, 0.25) is 0 Å². The van der Waals surface area contributed by atoms with Crippen molar-refractivity contribution in [2.45, 2.75) is 40.4 Å². The molecule has 0 aliphatic rings. The van der Waals surface area contributed by atoms with Gasteiger partial charge in [-0.25, -0.2) is 13.9 Å². The molecule has 0 radical (unpaired) electrons. The highest BCUT2D eigenvalue weighted by Gasteiger charge is 2.24. The first kappa shape index (κ1) is 20.9. The van der Waals surface area contributed by atoms with Gasteiger partial charge >= 0.3 is 5.97 Å². The van der Waals surface area contributed by atoms with Crippen molar-refractivity contribution in [1.82, 2.24) is 9.88 Å². The molecule has 1 amide bonds. The molecule has 1 aromatic heterocycles. The van der Waals surface area contributed by atoms with E-state index in [-0.39, 0.29) is 18.4 Å². The van der Waals surface area contributed by atoms with Crippen molar-refractivity contribution >= 4 is 34.5 Å². The Balaban J connectivity index is 1.87. The smallest absolute Gasteiger partial charge is 0.338 e. The number of amides is 1. The van der Waals surface area contributed by atoms with Gasteiger partial charge < -0.3 is 10.1 Å². The Hall–Kier alpha value is -2.86. The molecule has 152 valence electrons. The summed E-state index contributed by atoms with van der Waals surface area (Å²) in [5.41, 5.74) is 3.13. The van der Waals surface area contributed by atoms with Gasteiger partial charge in [0.15, 0.2) is 17.6 Å². The Bertz CT molecular complexity index is 1060. The zero-order chi connectivity index (χ0) is 21.0. The molecule has 0 aliphatic carbocycles. The second-order valence-corrected chi connectivity index (χ2v) is 7.08. The minimum Gasteiger partial charge on any atom is -0.462 e. The maximum atomic E-state index is 12.6. The highest BCUT2D eigenvalue weighted by Crippen LogP contribution is 2.18. The summed E-state index contributed by atoms with van der Waals surface area (Å²) in [7, 11) is 0. The Labute approximate surface area is 175 Å². The van der Waals surface area contributed by atoms with E-state index in [4.69, 9.17) is 16.3 Å². The van der Waals surface area contributed by atoms with E-state index in [2.05, 4.69) is 9.88 Å². The molecule has 3 aromatic rings. The minimum absolute atomic E-state index is 0.130. The van der Waals surface area contributed by atoms with Crippen LogP contribution in [0.1, 0.15) is 35.6 Å². The molecule has 6 nitrogen and oxygen atoms in total. The number of fused-ring (bicyclic) bond motifs is 1. The van der Waals surface area contributed by atoms with Gasteiger partial charge in [-0.2, -0.15) is 0 Å². The van der Waals surface area contributed by atoms with E-state index in [0.717, 1.165) is 29.0 Å². The Morgan fingerprint density at radius 1 is 1.17 bits per heavy atom. The molecule has 7 heteroatoms. The number of nitrogens with zero attached hydrogens (tertiary/aromatic N) is 2. The van der Waals surface area contributed by atoms with Gasteiger partial charge in [0.25, 0.3) is 11.7 Å². The molecule has 0 saturated heterocycles. The third-order valence-electron chi connectivity index (χ3n) is 4.90. The largest absolute Gasteiger partial charge is 0.462 e. The number of aryl methyl sites for hydroxylation is 1. The van der Waals surface area contributed by atoms with E-state index in [0.29, 0.717) is 23.7 Å². The van der Waals surface area contributed by atoms with Crippen molar-refractivity contribution in [2.75, 3.05) is 6.61 Å². The highest BCUT2D eigenvalue weighted by atomic mass is 35.5. The third-order valence-corrected chi connectivity index (χ3v) is 5.27. The lowest BCUT2D eigenvalue weighted by molar-refractivity contribution is -0.674. The second-order valence-electron chi connectivity index (χ2n) is 6.67. The van der Waals surface area contributed by atoms with Crippen LogP contribution in [-0.4, -0.2) is 23.1 Å². The SMILES string of the molecule is CCOC(=O)c1ccc2c(c1)n(CC(=O)NCc1ccccc1Cl)c(C)[n+]2CC. The molecule has 0 fully saturated rings. The molecule has 0 bridgehead atoms. The molecule has 0 atom stereocenters. The number of imidazole rings is 1. The summed E-state index contributed by atoms with van der Waals surface area (Å²) in [5.74, 6) is 0.442. The topological polar surface area (TPSA) is 64.2 Å². The molecule has 2 aromatic carbocycles. The maximum absolute atomic E-state index is 12.6. The molecule has 0 unspecified atom stereocenters. The Morgan fingerprint density at radius 3 is 2.62 bits per heavy atom. The van der Waals surface area contributed by atoms with Gasteiger partial charge in [-0.15, -0.1) is 0 Å². The van der Waals surface area contributed by atoms with E-state index >= 15 is 0 Å². The van der Waals surface area contributed by atoms with Crippen molar-refractivity contribution in [2.24, 2.45) is 0 Å². The normalized spacial score (nSPS) is 10.9. The van der Waals surface area contributed by atoms with E-state index in [9.17, 15) is 9.59 Å². The number of carbonyl (C=O) groups excluding carboxylic acids is 2. The number of nitrogens with one attached hydrogen (secondary N) is 1. The van der Waals surface area contributed by atoms with Crippen molar-refractivity contribution in [3.63, 3.8) is 0 Å². The lowest BCUT2D eigenvalue weighted by Gasteiger charge is -2.07. The summed E-state index contributed by atoms with van der Waals surface area (Å²) in [6, 6.07) is 12.9. The van der Waals surface area contributed by atoms with Crippen molar-refractivity contribution in [1.29, 1.82) is 0 Å². The summed E-state index contributed by atoms with van der Waals surface area (Å²) in [6.07, 6.45) is 0. The van der Waals surface area contributed by atoms with Crippen LogP contribution in [0.25, 0.3) is 11.0 Å². The minimum atomic E-state index is -0.369. The van der Waals surface area contributed by atoms with Gasteiger partial charge in [-0.3, -0.25) is 4.79 Å². The number of carbonyl (C=O) groups is 2. The molecule has 0 saturated carbocycles. The third kappa shape index (κ3) is 4.43.